The molecule has 1 aromatic carbocycles. The van der Waals surface area contributed by atoms with E-state index < -0.39 is 124 Å². The Morgan fingerprint density at radius 3 is 2.15 bits per heavy atom. The molecule has 12 atom stereocenters. The number of fused-ring (bicyclic) bond motifs is 4. The molecule has 1 spiro atoms. The molecule has 17 heteroatoms. The lowest BCUT2D eigenvalue weighted by atomic mass is 9.44. The largest absolute Gasteiger partial charge is 0.509 e. The fourth-order valence-corrected chi connectivity index (χ4v) is 10.3. The van der Waals surface area contributed by atoms with Crippen LogP contribution in [-0.4, -0.2) is 119 Å². The minimum atomic E-state index is -2.34. The topological polar surface area (TPSA) is 237 Å². The van der Waals surface area contributed by atoms with Gasteiger partial charge in [-0.15, -0.1) is 0 Å². The van der Waals surface area contributed by atoms with E-state index in [1.165, 1.54) is 26.0 Å². The monoisotopic (exact) mass is 855 g/mol. The number of hydrogen-bond donors (Lipinski definition) is 3. The second-order valence-corrected chi connectivity index (χ2v) is 19.1. The first-order valence-electron chi connectivity index (χ1n) is 20.5. The van der Waals surface area contributed by atoms with Crippen LogP contribution in [0.15, 0.2) is 41.5 Å². The Bertz CT molecular complexity index is 2020. The number of carbonyl (C=O) groups excluding carboxylic acids is 7. The van der Waals surface area contributed by atoms with Crippen LogP contribution >= 0.6 is 0 Å². The number of benzene rings is 1. The van der Waals surface area contributed by atoms with Crippen molar-refractivity contribution in [1.29, 1.82) is 0 Å². The molecule has 6 rings (SSSR count). The normalized spacial score (nSPS) is 34.6. The quantitative estimate of drug-likeness (QED) is 0.174. The van der Waals surface area contributed by atoms with Gasteiger partial charge >= 0.3 is 30.0 Å². The van der Waals surface area contributed by atoms with E-state index in [1.54, 1.807) is 52.8 Å². The van der Waals surface area contributed by atoms with Crippen molar-refractivity contribution in [2.75, 3.05) is 6.61 Å². The van der Waals surface area contributed by atoms with Crippen LogP contribution in [0, 0.1) is 28.1 Å². The summed E-state index contributed by atoms with van der Waals surface area (Å²) in [5.74, 6) is -7.03. The number of carbonyl (C=O) groups is 7. The zero-order valence-corrected chi connectivity index (χ0v) is 36.4. The van der Waals surface area contributed by atoms with E-state index in [9.17, 15) is 39.0 Å². The highest BCUT2D eigenvalue weighted by atomic mass is 16.8. The van der Waals surface area contributed by atoms with E-state index in [1.807, 2.05) is 13.8 Å². The van der Waals surface area contributed by atoms with Crippen molar-refractivity contribution < 1.29 is 76.9 Å². The van der Waals surface area contributed by atoms with Crippen molar-refractivity contribution in [3.8, 4) is 0 Å². The molecule has 0 radical (unpaired) electrons. The molecule has 2 heterocycles. The predicted octanol–water partition coefficient (Wildman–Crippen LogP) is 3.29. The first kappa shape index (κ1) is 45.7. The van der Waals surface area contributed by atoms with E-state index in [0.717, 1.165) is 13.8 Å². The van der Waals surface area contributed by atoms with Gasteiger partial charge in [-0.3, -0.25) is 19.2 Å². The third-order valence-corrected chi connectivity index (χ3v) is 13.2. The highest BCUT2D eigenvalue weighted by Crippen LogP contribution is 2.67. The molecule has 2 bridgehead atoms. The van der Waals surface area contributed by atoms with Gasteiger partial charge in [0.25, 0.3) is 0 Å². The van der Waals surface area contributed by atoms with Crippen LogP contribution in [0.5, 0.6) is 0 Å². The number of aliphatic hydroxyl groups is 2. The molecule has 0 aromatic heterocycles. The average molecular weight is 856 g/mol. The van der Waals surface area contributed by atoms with Crippen molar-refractivity contribution in [2.24, 2.45) is 28.1 Å². The summed E-state index contributed by atoms with van der Waals surface area (Å²) in [6.45, 7) is 16.5. The summed E-state index contributed by atoms with van der Waals surface area (Å²) in [4.78, 5) is 97.5. The number of hydrogen-bond acceptors (Lipinski definition) is 16. The number of amides is 1. The number of ketones is 1. The second kappa shape index (κ2) is 15.8. The van der Waals surface area contributed by atoms with E-state index >= 15 is 4.79 Å². The van der Waals surface area contributed by atoms with Gasteiger partial charge in [0, 0.05) is 31.1 Å². The van der Waals surface area contributed by atoms with Crippen molar-refractivity contribution in [1.82, 2.24) is 5.32 Å². The van der Waals surface area contributed by atoms with Gasteiger partial charge in [-0.05, 0) is 49.5 Å². The molecule has 2 aliphatic heterocycles. The summed E-state index contributed by atoms with van der Waals surface area (Å²) >= 11 is 0. The summed E-state index contributed by atoms with van der Waals surface area (Å²) in [6.07, 6.45) is -13.3. The highest BCUT2D eigenvalue weighted by Gasteiger charge is 2.83. The Kier molecular flexibility index (Phi) is 11.8. The van der Waals surface area contributed by atoms with Gasteiger partial charge in [-0.2, -0.15) is 0 Å². The van der Waals surface area contributed by atoms with E-state index in [0.29, 0.717) is 0 Å². The van der Waals surface area contributed by atoms with Crippen LogP contribution in [0.4, 0.5) is 4.79 Å². The Morgan fingerprint density at radius 2 is 1.61 bits per heavy atom. The second-order valence-electron chi connectivity index (χ2n) is 19.1. The Labute approximate surface area is 354 Å². The first-order chi connectivity index (χ1) is 28.2. The van der Waals surface area contributed by atoms with Crippen LogP contribution in [0.25, 0.3) is 0 Å². The minimum Gasteiger partial charge on any atom is -0.454 e. The summed E-state index contributed by atoms with van der Waals surface area (Å²) in [5, 5.41) is 26.5. The van der Waals surface area contributed by atoms with Gasteiger partial charge in [0.2, 0.25) is 11.5 Å². The third-order valence-electron chi connectivity index (χ3n) is 13.2. The fourth-order valence-electron chi connectivity index (χ4n) is 10.3. The van der Waals surface area contributed by atoms with Crippen LogP contribution in [0.1, 0.15) is 99.4 Å². The number of Topliss-reactive ketones (excluding diaryl/α,β-unsaturated/α-hetero) is 1. The van der Waals surface area contributed by atoms with Gasteiger partial charge in [-0.1, -0.05) is 66.7 Å². The molecule has 1 amide bonds. The standard InChI is InChI=1S/C44H57NO16/c1-20(2)17-25(45-38(53)40(6,7)8)29(49)37(52)57-30-21(3)28-31(56-22(4)46)33(50)42(11)26(48)18-27-43(19-55-27,60-23(5)47)32(42)35(58-36(51)24-15-13-12-14-16-24)44(41(28,9)10)34(30)59-39(54)61-44/h12-16,20,25-27,29-32,34-35,48-49H,17-19H2,1-11H3,(H,45,53)/t25-,26-,27+,29+,30+,31+,32-,34-,35-,42+,43-,44+/m0/s1. The van der Waals surface area contributed by atoms with Gasteiger partial charge in [0.1, 0.15) is 6.10 Å². The first-order valence-corrected chi connectivity index (χ1v) is 20.5. The summed E-state index contributed by atoms with van der Waals surface area (Å²) < 4.78 is 42.8. The number of rotatable bonds is 10. The van der Waals surface area contributed by atoms with Crippen molar-refractivity contribution in [3.05, 3.63) is 47.0 Å². The zero-order valence-electron chi connectivity index (χ0n) is 36.4. The molecule has 3 aliphatic carbocycles. The molecule has 2 saturated heterocycles. The van der Waals surface area contributed by atoms with Gasteiger partial charge in [0.15, 0.2) is 41.9 Å². The lowest BCUT2D eigenvalue weighted by molar-refractivity contribution is -0.345. The fraction of sp³-hybridized carbons (Fsp3) is 0.659. The highest BCUT2D eigenvalue weighted by molar-refractivity contribution is 5.96. The van der Waals surface area contributed by atoms with E-state index in [4.69, 9.17) is 33.2 Å². The van der Waals surface area contributed by atoms with Crippen LogP contribution in [0.2, 0.25) is 0 Å². The molecule has 4 fully saturated rings. The van der Waals surface area contributed by atoms with Crippen LogP contribution in [-0.2, 0) is 57.1 Å². The third kappa shape index (κ3) is 7.29. The molecule has 61 heavy (non-hydrogen) atoms. The molecular weight excluding hydrogens is 798 g/mol. The number of esters is 4. The molecule has 334 valence electrons. The summed E-state index contributed by atoms with van der Waals surface area (Å²) in [5.41, 5.74) is -8.85. The van der Waals surface area contributed by atoms with Crippen molar-refractivity contribution in [2.45, 2.75) is 149 Å². The van der Waals surface area contributed by atoms with E-state index in [-0.39, 0.29) is 42.1 Å². The lowest BCUT2D eigenvalue weighted by Crippen LogP contribution is -2.83. The Balaban J connectivity index is 1.63. The number of aliphatic hydroxyl groups excluding tert-OH is 2. The zero-order chi connectivity index (χ0) is 45.4. The van der Waals surface area contributed by atoms with Gasteiger partial charge in [-0.25, -0.2) is 14.4 Å². The maximum Gasteiger partial charge on any atom is 0.509 e. The molecule has 3 N–H and O–H groups in total. The predicted molar refractivity (Wildman–Crippen MR) is 210 cm³/mol. The molecule has 1 aromatic rings. The summed E-state index contributed by atoms with van der Waals surface area (Å²) in [7, 11) is 0. The molecule has 5 aliphatic rings. The molecule has 17 nitrogen and oxygen atoms in total. The number of ether oxygens (including phenoxy) is 7. The lowest BCUT2D eigenvalue weighted by Gasteiger charge is -2.67. The van der Waals surface area contributed by atoms with Crippen LogP contribution in [0.3, 0.4) is 0 Å². The molecular formula is C44H57NO16. The van der Waals surface area contributed by atoms with Crippen molar-refractivity contribution in [3.63, 3.8) is 0 Å². The molecule has 2 saturated carbocycles. The van der Waals surface area contributed by atoms with Gasteiger partial charge < -0.3 is 48.7 Å². The minimum absolute atomic E-state index is 0.0320. The maximum absolute atomic E-state index is 15.6. The Morgan fingerprint density at radius 1 is 0.967 bits per heavy atom. The molecule has 0 unspecified atom stereocenters. The smallest absolute Gasteiger partial charge is 0.454 e. The Hall–Kier alpha value is -4.87. The SMILES string of the molecule is CC(=O)O[C@H]1C(=O)[C@@]2(C)[C@H]([C@H](OC(=O)c3ccccc3)[C@]34OC(=O)O[C@H]3[C@H](OC(=O)[C@H](O)[C@H](CC(C)C)NC(=O)C(C)(C)C)C(C)=C1C4(C)C)[C@]1(OC(C)=O)CO[C@@H]1C[C@@H]2O. The number of nitrogens with one attached hydrogen (secondary N) is 1. The van der Waals surface area contributed by atoms with Gasteiger partial charge in [0.05, 0.1) is 35.6 Å². The maximum atomic E-state index is 15.6. The summed E-state index contributed by atoms with van der Waals surface area (Å²) in [6, 6.07) is 6.61. The van der Waals surface area contributed by atoms with Crippen LogP contribution < -0.4 is 5.32 Å². The van der Waals surface area contributed by atoms with E-state index in [2.05, 4.69) is 5.32 Å². The van der Waals surface area contributed by atoms with Crippen molar-refractivity contribution >= 4 is 41.7 Å². The average Bonchev–Trinajstić information content (AvgIpc) is 3.52.